The molecule has 150 valence electrons. The lowest BCUT2D eigenvalue weighted by Crippen LogP contribution is -2.55. The maximum atomic E-state index is 13.9. The van der Waals surface area contributed by atoms with Crippen LogP contribution >= 0.6 is 0 Å². The highest BCUT2D eigenvalue weighted by atomic mass is 19.1. The molecule has 2 saturated heterocycles. The van der Waals surface area contributed by atoms with Crippen LogP contribution in [0.25, 0.3) is 0 Å². The molecule has 7 nitrogen and oxygen atoms in total. The summed E-state index contributed by atoms with van der Waals surface area (Å²) in [5.74, 6) is 1.52. The molecular formula is C19H31FN6O. The topological polar surface area (TPSA) is 59.0 Å². The van der Waals surface area contributed by atoms with Crippen LogP contribution in [0.2, 0.25) is 0 Å². The number of rotatable bonds is 3. The largest absolute Gasteiger partial charge is 0.391 e. The number of nitrogens with zero attached hydrogens (tertiary/aromatic N) is 6. The van der Waals surface area contributed by atoms with Gasteiger partial charge in [-0.25, -0.2) is 9.37 Å². The van der Waals surface area contributed by atoms with Crippen molar-refractivity contribution in [2.24, 2.45) is 11.8 Å². The molecular weight excluding hydrogens is 347 g/mol. The van der Waals surface area contributed by atoms with E-state index in [1.54, 1.807) is 19.0 Å². The molecule has 27 heavy (non-hydrogen) atoms. The van der Waals surface area contributed by atoms with Crippen molar-refractivity contribution in [3.05, 3.63) is 12.0 Å². The number of hydrogen-bond donors (Lipinski definition) is 1. The van der Waals surface area contributed by atoms with Gasteiger partial charge in [-0.1, -0.05) is 0 Å². The molecule has 3 heterocycles. The van der Waals surface area contributed by atoms with Crippen molar-refractivity contribution in [3.63, 3.8) is 0 Å². The van der Waals surface area contributed by atoms with Gasteiger partial charge in [-0.15, -0.1) is 0 Å². The number of aliphatic hydroxyl groups excluding tert-OH is 1. The summed E-state index contributed by atoms with van der Waals surface area (Å²) in [6.07, 6.45) is 2.86. The van der Waals surface area contributed by atoms with E-state index in [9.17, 15) is 9.50 Å². The fraction of sp³-hybridized carbons (Fsp3) is 0.789. The number of aromatic nitrogens is 2. The first-order chi connectivity index (χ1) is 12.9. The minimum atomic E-state index is -0.397. The lowest BCUT2D eigenvalue weighted by Gasteiger charge is -2.44. The van der Waals surface area contributed by atoms with Crippen molar-refractivity contribution in [3.8, 4) is 0 Å². The first-order valence-corrected chi connectivity index (χ1v) is 9.98. The molecule has 0 aromatic carbocycles. The summed E-state index contributed by atoms with van der Waals surface area (Å²) in [7, 11) is 5.73. The second-order valence-corrected chi connectivity index (χ2v) is 8.61. The molecule has 0 bridgehead atoms. The highest BCUT2D eigenvalue weighted by Gasteiger charge is 2.44. The second kappa shape index (κ2) is 7.48. The van der Waals surface area contributed by atoms with E-state index in [-0.39, 0.29) is 12.1 Å². The van der Waals surface area contributed by atoms with E-state index in [2.05, 4.69) is 31.7 Å². The van der Waals surface area contributed by atoms with Crippen molar-refractivity contribution in [2.75, 3.05) is 70.2 Å². The Labute approximate surface area is 160 Å². The van der Waals surface area contributed by atoms with Gasteiger partial charge in [0.2, 0.25) is 5.95 Å². The predicted molar refractivity (Wildman–Crippen MR) is 104 cm³/mol. The fourth-order valence-corrected chi connectivity index (χ4v) is 4.93. The summed E-state index contributed by atoms with van der Waals surface area (Å²) < 4.78 is 13.9. The van der Waals surface area contributed by atoms with Crippen molar-refractivity contribution in [1.29, 1.82) is 0 Å². The van der Waals surface area contributed by atoms with Crippen LogP contribution in [0.5, 0.6) is 0 Å². The Morgan fingerprint density at radius 2 is 1.78 bits per heavy atom. The van der Waals surface area contributed by atoms with E-state index in [1.165, 1.54) is 6.20 Å². The molecule has 8 heteroatoms. The third kappa shape index (κ3) is 3.75. The molecule has 4 atom stereocenters. The van der Waals surface area contributed by atoms with Crippen LogP contribution in [-0.4, -0.2) is 97.4 Å². The zero-order chi connectivity index (χ0) is 19.1. The number of likely N-dealkylation sites (N-methyl/N-ethyl adjacent to an activating group) is 1. The van der Waals surface area contributed by atoms with Gasteiger partial charge in [0.1, 0.15) is 0 Å². The Kier molecular flexibility index (Phi) is 5.22. The summed E-state index contributed by atoms with van der Waals surface area (Å²) in [4.78, 5) is 17.3. The molecule has 4 rings (SSSR count). The molecule has 1 aromatic rings. The summed E-state index contributed by atoms with van der Waals surface area (Å²) >= 11 is 0. The Bertz CT molecular complexity index is 666. The van der Waals surface area contributed by atoms with E-state index in [1.807, 2.05) is 0 Å². The third-order valence-corrected chi connectivity index (χ3v) is 6.54. The monoisotopic (exact) mass is 378 g/mol. The second-order valence-electron chi connectivity index (χ2n) is 8.61. The number of anilines is 2. The normalized spacial score (nSPS) is 32.6. The number of fused-ring (bicyclic) bond motifs is 1. The van der Waals surface area contributed by atoms with Crippen molar-refractivity contribution < 1.29 is 9.50 Å². The number of halogens is 1. The van der Waals surface area contributed by atoms with Crippen LogP contribution in [0.4, 0.5) is 16.2 Å². The number of piperazine rings is 1. The van der Waals surface area contributed by atoms with Gasteiger partial charge < -0.3 is 19.8 Å². The van der Waals surface area contributed by atoms with Crippen LogP contribution < -0.4 is 9.80 Å². The van der Waals surface area contributed by atoms with E-state index in [0.717, 1.165) is 52.1 Å². The standard InChI is InChI=1S/C19H31FN6O/c1-23(2)18-15(20)10-21-19(22-18)26-11-13-8-16(17(27)9-14(13)12-26)25-6-4-24(3)5-7-25/h10,13-14,16-17,27H,4-9,11-12H2,1-3H3/t13-,14+,16-,17-/m1/s1. The van der Waals surface area contributed by atoms with Crippen LogP contribution in [0.15, 0.2) is 6.20 Å². The van der Waals surface area contributed by atoms with Crippen LogP contribution in [0.1, 0.15) is 12.8 Å². The van der Waals surface area contributed by atoms with Gasteiger partial charge in [0, 0.05) is 59.4 Å². The average molecular weight is 378 g/mol. The summed E-state index contributed by atoms with van der Waals surface area (Å²) in [6, 6.07) is 0.256. The molecule has 1 aliphatic carbocycles. The van der Waals surface area contributed by atoms with E-state index in [0.29, 0.717) is 23.6 Å². The van der Waals surface area contributed by atoms with Gasteiger partial charge in [-0.2, -0.15) is 4.98 Å². The Morgan fingerprint density at radius 3 is 2.44 bits per heavy atom. The first kappa shape index (κ1) is 18.8. The molecule has 1 saturated carbocycles. The number of hydrogen-bond acceptors (Lipinski definition) is 7. The molecule has 0 amide bonds. The molecule has 0 unspecified atom stereocenters. The van der Waals surface area contributed by atoms with Gasteiger partial charge in [0.05, 0.1) is 12.3 Å². The molecule has 2 aliphatic heterocycles. The zero-order valence-corrected chi connectivity index (χ0v) is 16.6. The lowest BCUT2D eigenvalue weighted by atomic mass is 9.77. The minimum Gasteiger partial charge on any atom is -0.391 e. The molecule has 1 N–H and O–H groups in total. The van der Waals surface area contributed by atoms with E-state index >= 15 is 0 Å². The zero-order valence-electron chi connectivity index (χ0n) is 16.6. The van der Waals surface area contributed by atoms with Crippen LogP contribution in [0.3, 0.4) is 0 Å². The van der Waals surface area contributed by atoms with Crippen LogP contribution in [0, 0.1) is 17.7 Å². The van der Waals surface area contributed by atoms with Gasteiger partial charge in [-0.3, -0.25) is 4.90 Å². The van der Waals surface area contributed by atoms with Crippen molar-refractivity contribution in [1.82, 2.24) is 19.8 Å². The van der Waals surface area contributed by atoms with Gasteiger partial charge in [0.15, 0.2) is 11.6 Å². The van der Waals surface area contributed by atoms with Gasteiger partial charge in [0.25, 0.3) is 0 Å². The SMILES string of the molecule is CN1CCN([C@@H]2C[C@@H]3CN(c4ncc(F)c(N(C)C)n4)C[C@@H]3C[C@H]2O)CC1. The molecule has 3 aliphatic rings. The smallest absolute Gasteiger partial charge is 0.227 e. The van der Waals surface area contributed by atoms with Crippen LogP contribution in [-0.2, 0) is 0 Å². The molecule has 0 spiro atoms. The van der Waals surface area contributed by atoms with Gasteiger partial charge >= 0.3 is 0 Å². The number of aliphatic hydroxyl groups is 1. The third-order valence-electron chi connectivity index (χ3n) is 6.54. The molecule has 1 aromatic heterocycles. The Hall–Kier alpha value is -1.51. The quantitative estimate of drug-likeness (QED) is 0.822. The Morgan fingerprint density at radius 1 is 1.11 bits per heavy atom. The maximum absolute atomic E-state index is 13.9. The van der Waals surface area contributed by atoms with Crippen molar-refractivity contribution in [2.45, 2.75) is 25.0 Å². The summed E-state index contributed by atoms with van der Waals surface area (Å²) in [5, 5.41) is 10.8. The average Bonchev–Trinajstić information content (AvgIpc) is 3.04. The highest BCUT2D eigenvalue weighted by molar-refractivity contribution is 5.44. The van der Waals surface area contributed by atoms with E-state index < -0.39 is 5.82 Å². The maximum Gasteiger partial charge on any atom is 0.227 e. The fourth-order valence-electron chi connectivity index (χ4n) is 4.93. The predicted octanol–water partition coefficient (Wildman–Crippen LogP) is 0.505. The van der Waals surface area contributed by atoms with Crippen molar-refractivity contribution >= 4 is 11.8 Å². The molecule has 3 fully saturated rings. The molecule has 0 radical (unpaired) electrons. The minimum absolute atomic E-state index is 0.256. The first-order valence-electron chi connectivity index (χ1n) is 9.98. The highest BCUT2D eigenvalue weighted by Crippen LogP contribution is 2.39. The lowest BCUT2D eigenvalue weighted by molar-refractivity contribution is -0.0249. The summed E-state index contributed by atoms with van der Waals surface area (Å²) in [6.45, 7) is 5.94. The van der Waals surface area contributed by atoms with E-state index in [4.69, 9.17) is 0 Å². The van der Waals surface area contributed by atoms with Gasteiger partial charge in [-0.05, 0) is 31.7 Å². The Balaban J connectivity index is 1.45. The summed E-state index contributed by atoms with van der Waals surface area (Å²) in [5.41, 5.74) is 0.